The van der Waals surface area contributed by atoms with Crippen molar-refractivity contribution in [2.75, 3.05) is 6.54 Å². The number of benzene rings is 3. The van der Waals surface area contributed by atoms with Crippen LogP contribution in [0.15, 0.2) is 77.6 Å². The van der Waals surface area contributed by atoms with E-state index in [1.54, 1.807) is 47.4 Å². The largest absolute Gasteiger partial charge is 0.457 e. The zero-order valence-corrected chi connectivity index (χ0v) is 18.3. The van der Waals surface area contributed by atoms with Crippen molar-refractivity contribution in [2.24, 2.45) is 0 Å². The average molecular weight is 448 g/mol. The third-order valence-corrected chi connectivity index (χ3v) is 5.15. The predicted molar refractivity (Wildman–Crippen MR) is 125 cm³/mol. The summed E-state index contributed by atoms with van der Waals surface area (Å²) in [4.78, 5) is 34.5. The molecule has 0 fully saturated rings. The molecule has 1 amide bonds. The van der Waals surface area contributed by atoms with Gasteiger partial charge in [0.15, 0.2) is 0 Å². The lowest BCUT2D eigenvalue weighted by molar-refractivity contribution is 0.0739. The number of nitrogens with one attached hydrogen (secondary N) is 1. The van der Waals surface area contributed by atoms with E-state index in [0.717, 1.165) is 12.2 Å². The number of carbonyl (C=O) groups is 1. The summed E-state index contributed by atoms with van der Waals surface area (Å²) in [5, 5.41) is 0.960. The average Bonchev–Trinajstić information content (AvgIpc) is 2.79. The van der Waals surface area contributed by atoms with E-state index in [4.69, 9.17) is 16.3 Å². The number of aromatic nitrogens is 2. The smallest absolute Gasteiger partial charge is 0.258 e. The number of carbonyl (C=O) groups excluding carboxylic acids is 1. The van der Waals surface area contributed by atoms with Crippen LogP contribution in [0.4, 0.5) is 0 Å². The van der Waals surface area contributed by atoms with Crippen LogP contribution in [0.5, 0.6) is 11.5 Å². The zero-order valence-electron chi connectivity index (χ0n) is 17.5. The molecule has 7 heteroatoms. The highest BCUT2D eigenvalue weighted by molar-refractivity contribution is 6.31. The van der Waals surface area contributed by atoms with Crippen LogP contribution in [-0.4, -0.2) is 27.3 Å². The van der Waals surface area contributed by atoms with E-state index in [0.29, 0.717) is 39.6 Å². The molecule has 1 aromatic heterocycles. The Balaban J connectivity index is 1.54. The third-order valence-electron chi connectivity index (χ3n) is 4.92. The fraction of sp³-hybridized carbons (Fsp3) is 0.160. The second kappa shape index (κ2) is 9.66. The van der Waals surface area contributed by atoms with Crippen LogP contribution in [0.3, 0.4) is 0 Å². The summed E-state index contributed by atoms with van der Waals surface area (Å²) < 4.78 is 5.80. The normalized spacial score (nSPS) is 10.8. The number of fused-ring (bicyclic) bond motifs is 1. The first kappa shape index (κ1) is 21.6. The topological polar surface area (TPSA) is 75.3 Å². The van der Waals surface area contributed by atoms with Crippen molar-refractivity contribution in [2.45, 2.75) is 19.9 Å². The van der Waals surface area contributed by atoms with E-state index in [9.17, 15) is 9.59 Å². The highest BCUT2D eigenvalue weighted by atomic mass is 35.5. The fourth-order valence-corrected chi connectivity index (χ4v) is 3.58. The molecular weight excluding hydrogens is 426 g/mol. The van der Waals surface area contributed by atoms with Crippen LogP contribution in [0.25, 0.3) is 10.9 Å². The molecule has 0 unspecified atom stereocenters. The summed E-state index contributed by atoms with van der Waals surface area (Å²) in [5.41, 5.74) is 0.778. The first-order valence-electron chi connectivity index (χ1n) is 10.3. The van der Waals surface area contributed by atoms with Gasteiger partial charge in [-0.3, -0.25) is 9.59 Å². The Bertz CT molecular complexity index is 1290. The molecule has 4 aromatic rings. The summed E-state index contributed by atoms with van der Waals surface area (Å²) in [7, 11) is 0. The van der Waals surface area contributed by atoms with Crippen molar-refractivity contribution in [3.8, 4) is 11.5 Å². The van der Waals surface area contributed by atoms with E-state index < -0.39 is 0 Å². The molecular formula is C25H22ClN3O3. The van der Waals surface area contributed by atoms with Gasteiger partial charge in [0.1, 0.15) is 17.3 Å². The Labute approximate surface area is 190 Å². The summed E-state index contributed by atoms with van der Waals surface area (Å²) in [6.07, 6.45) is 0.768. The van der Waals surface area contributed by atoms with Gasteiger partial charge in [-0.2, -0.15) is 0 Å². The van der Waals surface area contributed by atoms with E-state index in [1.807, 2.05) is 37.3 Å². The summed E-state index contributed by atoms with van der Waals surface area (Å²) in [5.74, 6) is 1.64. The highest BCUT2D eigenvalue weighted by Gasteiger charge is 2.17. The molecule has 1 heterocycles. The van der Waals surface area contributed by atoms with Gasteiger partial charge in [0.05, 0.1) is 17.4 Å². The van der Waals surface area contributed by atoms with Crippen molar-refractivity contribution >= 4 is 28.4 Å². The Morgan fingerprint density at radius 1 is 1.03 bits per heavy atom. The fourth-order valence-electron chi connectivity index (χ4n) is 3.41. The maximum Gasteiger partial charge on any atom is 0.258 e. The van der Waals surface area contributed by atoms with Gasteiger partial charge >= 0.3 is 0 Å². The lowest BCUT2D eigenvalue weighted by atomic mass is 10.2. The standard InChI is InChI=1S/C25H22ClN3O3/c1-2-14-29(16-23-27-22-15-18(26)10-13-21(22)24(30)28-23)25(31)17-8-11-20(12-9-17)32-19-6-4-3-5-7-19/h3-13,15H,2,14,16H2,1H3,(H,27,28,30). The molecule has 0 atom stereocenters. The lowest BCUT2D eigenvalue weighted by Gasteiger charge is -2.22. The van der Waals surface area contributed by atoms with Crippen LogP contribution < -0.4 is 10.3 Å². The molecule has 32 heavy (non-hydrogen) atoms. The molecule has 0 bridgehead atoms. The summed E-state index contributed by atoms with van der Waals surface area (Å²) in [6, 6.07) is 21.4. The molecule has 4 rings (SSSR count). The van der Waals surface area contributed by atoms with E-state index in [2.05, 4.69) is 9.97 Å². The van der Waals surface area contributed by atoms with Crippen LogP contribution in [0.2, 0.25) is 5.02 Å². The maximum absolute atomic E-state index is 13.2. The number of para-hydroxylation sites is 1. The van der Waals surface area contributed by atoms with Gasteiger partial charge in [-0.05, 0) is 61.0 Å². The number of halogens is 1. The summed E-state index contributed by atoms with van der Waals surface area (Å²) >= 11 is 6.05. The Hall–Kier alpha value is -3.64. The Morgan fingerprint density at radius 3 is 2.47 bits per heavy atom. The van der Waals surface area contributed by atoms with Crippen molar-refractivity contribution in [1.82, 2.24) is 14.9 Å². The first-order valence-corrected chi connectivity index (χ1v) is 10.7. The van der Waals surface area contributed by atoms with Crippen molar-refractivity contribution in [3.63, 3.8) is 0 Å². The lowest BCUT2D eigenvalue weighted by Crippen LogP contribution is -2.32. The SMILES string of the molecule is CCCN(Cc1nc2cc(Cl)ccc2c(=O)[nH]1)C(=O)c1ccc(Oc2ccccc2)cc1. The molecule has 6 nitrogen and oxygen atoms in total. The minimum atomic E-state index is -0.257. The van der Waals surface area contributed by atoms with Gasteiger partial charge in [0.2, 0.25) is 0 Å². The van der Waals surface area contributed by atoms with Gasteiger partial charge in [-0.15, -0.1) is 0 Å². The number of H-pyrrole nitrogens is 1. The van der Waals surface area contributed by atoms with E-state index in [1.165, 1.54) is 0 Å². The molecule has 0 aliphatic heterocycles. The second-order valence-electron chi connectivity index (χ2n) is 7.34. The first-order chi connectivity index (χ1) is 15.5. The van der Waals surface area contributed by atoms with E-state index in [-0.39, 0.29) is 18.0 Å². The predicted octanol–water partition coefficient (Wildman–Crippen LogP) is 5.42. The Morgan fingerprint density at radius 2 is 1.75 bits per heavy atom. The molecule has 0 saturated carbocycles. The van der Waals surface area contributed by atoms with Crippen molar-refractivity contribution in [1.29, 1.82) is 0 Å². The zero-order chi connectivity index (χ0) is 22.5. The number of rotatable bonds is 7. The molecule has 0 radical (unpaired) electrons. The van der Waals surface area contributed by atoms with Crippen LogP contribution in [0, 0.1) is 0 Å². The summed E-state index contributed by atoms with van der Waals surface area (Å²) in [6.45, 7) is 2.71. The number of hydrogen-bond acceptors (Lipinski definition) is 4. The third kappa shape index (κ3) is 4.98. The molecule has 0 aliphatic carbocycles. The molecule has 3 aromatic carbocycles. The molecule has 0 spiro atoms. The van der Waals surface area contributed by atoms with Crippen LogP contribution >= 0.6 is 11.6 Å². The minimum absolute atomic E-state index is 0.146. The minimum Gasteiger partial charge on any atom is -0.457 e. The van der Waals surface area contributed by atoms with Crippen LogP contribution in [-0.2, 0) is 6.54 Å². The van der Waals surface area contributed by atoms with Gasteiger partial charge < -0.3 is 14.6 Å². The van der Waals surface area contributed by atoms with Gasteiger partial charge in [-0.1, -0.05) is 36.7 Å². The van der Waals surface area contributed by atoms with Crippen molar-refractivity contribution < 1.29 is 9.53 Å². The second-order valence-corrected chi connectivity index (χ2v) is 7.78. The highest BCUT2D eigenvalue weighted by Crippen LogP contribution is 2.22. The number of ether oxygens (including phenoxy) is 1. The number of aromatic amines is 1. The Kier molecular flexibility index (Phi) is 6.52. The maximum atomic E-state index is 13.2. The molecule has 0 aliphatic rings. The van der Waals surface area contributed by atoms with E-state index >= 15 is 0 Å². The molecule has 0 saturated heterocycles. The number of amides is 1. The molecule has 1 N–H and O–H groups in total. The quantitative estimate of drug-likeness (QED) is 0.410. The number of hydrogen-bond donors (Lipinski definition) is 1. The molecule has 162 valence electrons. The van der Waals surface area contributed by atoms with Gasteiger partial charge in [-0.25, -0.2) is 4.98 Å². The van der Waals surface area contributed by atoms with Crippen molar-refractivity contribution in [3.05, 3.63) is 99.6 Å². The number of nitrogens with zero attached hydrogens (tertiary/aromatic N) is 2. The van der Waals surface area contributed by atoms with Gasteiger partial charge in [0.25, 0.3) is 11.5 Å². The van der Waals surface area contributed by atoms with Crippen LogP contribution in [0.1, 0.15) is 29.5 Å². The van der Waals surface area contributed by atoms with Gasteiger partial charge in [0, 0.05) is 17.1 Å². The monoisotopic (exact) mass is 447 g/mol.